The van der Waals surface area contributed by atoms with Crippen LogP contribution in [0.4, 0.5) is 4.79 Å². The zero-order chi connectivity index (χ0) is 14.8. The van der Waals surface area contributed by atoms with E-state index in [1.165, 1.54) is 0 Å². The van der Waals surface area contributed by atoms with Crippen molar-refractivity contribution in [3.05, 3.63) is 39.8 Å². The molecule has 1 saturated heterocycles. The van der Waals surface area contributed by atoms with Crippen molar-refractivity contribution in [2.45, 2.75) is 25.5 Å². The van der Waals surface area contributed by atoms with Crippen molar-refractivity contribution in [1.82, 2.24) is 15.5 Å². The number of carboxylic acid groups (broad SMARTS) is 1. The van der Waals surface area contributed by atoms with Crippen molar-refractivity contribution < 1.29 is 14.6 Å². The van der Waals surface area contributed by atoms with E-state index in [9.17, 15) is 9.59 Å². The molecule has 7 heteroatoms. The van der Waals surface area contributed by atoms with E-state index in [-0.39, 0.29) is 18.2 Å². The van der Waals surface area contributed by atoms with Crippen LogP contribution in [0.3, 0.4) is 0 Å². The first-order valence-electron chi connectivity index (χ1n) is 6.75. The van der Waals surface area contributed by atoms with E-state index in [2.05, 4.69) is 15.5 Å². The molecule has 1 unspecified atom stereocenters. The zero-order valence-electron chi connectivity index (χ0n) is 11.3. The second kappa shape index (κ2) is 5.53. The maximum absolute atomic E-state index is 11.9. The number of hydrogen-bond acceptors (Lipinski definition) is 4. The molecule has 21 heavy (non-hydrogen) atoms. The van der Waals surface area contributed by atoms with E-state index in [1.807, 2.05) is 6.07 Å². The van der Waals surface area contributed by atoms with Gasteiger partial charge in [-0.3, -0.25) is 4.79 Å². The number of aromatic amines is 1. The summed E-state index contributed by atoms with van der Waals surface area (Å²) in [7, 11) is 0. The Morgan fingerprint density at radius 3 is 3.05 bits per heavy atom. The van der Waals surface area contributed by atoms with E-state index in [0.29, 0.717) is 16.5 Å². The Morgan fingerprint density at radius 1 is 1.48 bits per heavy atom. The summed E-state index contributed by atoms with van der Waals surface area (Å²) in [5.74, 6) is 0. The monoisotopic (exact) mass is 289 g/mol. The molecular weight excluding hydrogens is 274 g/mol. The third kappa shape index (κ3) is 2.73. The van der Waals surface area contributed by atoms with Crippen molar-refractivity contribution >= 4 is 16.9 Å². The molecule has 1 fully saturated rings. The molecule has 0 saturated carbocycles. The molecule has 2 heterocycles. The van der Waals surface area contributed by atoms with Crippen LogP contribution < -0.4 is 10.9 Å². The van der Waals surface area contributed by atoms with Crippen molar-refractivity contribution in [3.8, 4) is 0 Å². The smallest absolute Gasteiger partial charge is 0.404 e. The molecule has 1 atom stereocenters. The first kappa shape index (κ1) is 13.6. The molecule has 1 aliphatic heterocycles. The van der Waals surface area contributed by atoms with Crippen LogP contribution in [0.25, 0.3) is 10.8 Å². The van der Waals surface area contributed by atoms with Gasteiger partial charge in [-0.25, -0.2) is 9.89 Å². The minimum atomic E-state index is -1.13. The largest absolute Gasteiger partial charge is 0.465 e. The van der Waals surface area contributed by atoms with E-state index >= 15 is 0 Å². The Balaban J connectivity index is 2.02. The van der Waals surface area contributed by atoms with E-state index in [4.69, 9.17) is 9.84 Å². The Bertz CT molecular complexity index is 735. The van der Waals surface area contributed by atoms with Crippen LogP contribution >= 0.6 is 0 Å². The molecule has 3 N–H and O–H groups in total. The van der Waals surface area contributed by atoms with E-state index in [0.717, 1.165) is 25.0 Å². The molecular formula is C14H15N3O4. The first-order chi connectivity index (χ1) is 10.1. The van der Waals surface area contributed by atoms with Crippen LogP contribution in [-0.4, -0.2) is 28.0 Å². The maximum Gasteiger partial charge on any atom is 0.404 e. The summed E-state index contributed by atoms with van der Waals surface area (Å²) < 4.78 is 5.62. The SMILES string of the molecule is O=C(O)NCc1n[nH]c(=O)c2cc(C3CCCO3)ccc12. The lowest BCUT2D eigenvalue weighted by Gasteiger charge is -2.11. The fourth-order valence-corrected chi connectivity index (χ4v) is 2.57. The second-order valence-electron chi connectivity index (χ2n) is 4.96. The Hall–Kier alpha value is -2.41. The van der Waals surface area contributed by atoms with Gasteiger partial charge in [0.1, 0.15) is 0 Å². The van der Waals surface area contributed by atoms with Gasteiger partial charge in [-0.15, -0.1) is 0 Å². The Morgan fingerprint density at radius 2 is 2.33 bits per heavy atom. The molecule has 2 aromatic rings. The predicted molar refractivity (Wildman–Crippen MR) is 75.2 cm³/mol. The summed E-state index contributed by atoms with van der Waals surface area (Å²) in [6, 6.07) is 5.51. The number of fused-ring (bicyclic) bond motifs is 1. The number of aromatic nitrogens is 2. The van der Waals surface area contributed by atoms with Gasteiger partial charge in [0.2, 0.25) is 0 Å². The second-order valence-corrected chi connectivity index (χ2v) is 4.96. The minimum absolute atomic E-state index is 0.0301. The maximum atomic E-state index is 11.9. The van der Waals surface area contributed by atoms with Crippen LogP contribution in [0.5, 0.6) is 0 Å². The van der Waals surface area contributed by atoms with Crippen LogP contribution in [0.1, 0.15) is 30.2 Å². The van der Waals surface area contributed by atoms with Gasteiger partial charge >= 0.3 is 6.09 Å². The summed E-state index contributed by atoms with van der Waals surface area (Å²) in [5.41, 5.74) is 1.17. The molecule has 1 aliphatic rings. The zero-order valence-corrected chi connectivity index (χ0v) is 11.3. The number of ether oxygens (including phenoxy) is 1. The molecule has 1 amide bonds. The number of nitrogens with zero attached hydrogens (tertiary/aromatic N) is 1. The van der Waals surface area contributed by atoms with Crippen molar-refractivity contribution in [3.63, 3.8) is 0 Å². The molecule has 0 radical (unpaired) electrons. The highest BCUT2D eigenvalue weighted by molar-refractivity contribution is 5.84. The van der Waals surface area contributed by atoms with Crippen LogP contribution in [0.2, 0.25) is 0 Å². The lowest BCUT2D eigenvalue weighted by molar-refractivity contribution is 0.112. The van der Waals surface area contributed by atoms with Gasteiger partial charge in [-0.2, -0.15) is 5.10 Å². The average molecular weight is 289 g/mol. The molecule has 0 aliphatic carbocycles. The van der Waals surface area contributed by atoms with Crippen molar-refractivity contribution in [2.75, 3.05) is 6.61 Å². The van der Waals surface area contributed by atoms with Gasteiger partial charge in [0.15, 0.2) is 0 Å². The number of H-pyrrole nitrogens is 1. The molecule has 7 nitrogen and oxygen atoms in total. The van der Waals surface area contributed by atoms with Crippen LogP contribution in [0, 0.1) is 0 Å². The van der Waals surface area contributed by atoms with Gasteiger partial charge in [0.25, 0.3) is 5.56 Å². The minimum Gasteiger partial charge on any atom is -0.465 e. The quantitative estimate of drug-likeness (QED) is 0.795. The molecule has 110 valence electrons. The summed E-state index contributed by atoms with van der Waals surface area (Å²) in [6.07, 6.45) is 0.861. The summed E-state index contributed by atoms with van der Waals surface area (Å²) in [6.45, 7) is 0.783. The number of benzene rings is 1. The normalized spacial score (nSPS) is 18.0. The van der Waals surface area contributed by atoms with Gasteiger partial charge in [0, 0.05) is 12.0 Å². The number of hydrogen-bond donors (Lipinski definition) is 3. The van der Waals surface area contributed by atoms with Crippen molar-refractivity contribution in [1.29, 1.82) is 0 Å². The Kier molecular flexibility index (Phi) is 3.57. The van der Waals surface area contributed by atoms with Gasteiger partial charge in [-0.1, -0.05) is 12.1 Å². The first-order valence-corrected chi connectivity index (χ1v) is 6.75. The standard InChI is InChI=1S/C14H15N3O4/c18-13-10-6-8(12-2-1-5-21-12)3-4-9(10)11(16-17-13)7-15-14(19)20/h3-4,6,12,15H,1-2,5,7H2,(H,17,18)(H,19,20). The highest BCUT2D eigenvalue weighted by Gasteiger charge is 2.19. The highest BCUT2D eigenvalue weighted by atomic mass is 16.5. The summed E-state index contributed by atoms with van der Waals surface area (Å²) in [5, 5.41) is 18.4. The summed E-state index contributed by atoms with van der Waals surface area (Å²) in [4.78, 5) is 22.5. The number of amides is 1. The predicted octanol–water partition coefficient (Wildman–Crippen LogP) is 1.54. The van der Waals surface area contributed by atoms with Gasteiger partial charge < -0.3 is 15.2 Å². The Labute approximate surface area is 119 Å². The third-order valence-corrected chi connectivity index (χ3v) is 3.60. The fraction of sp³-hybridized carbons (Fsp3) is 0.357. The molecule has 0 spiro atoms. The molecule has 3 rings (SSSR count). The van der Waals surface area contributed by atoms with Crippen LogP contribution in [-0.2, 0) is 11.3 Å². The van der Waals surface area contributed by atoms with Gasteiger partial charge in [0.05, 0.1) is 23.7 Å². The summed E-state index contributed by atoms with van der Waals surface area (Å²) >= 11 is 0. The topological polar surface area (TPSA) is 104 Å². The number of nitrogens with one attached hydrogen (secondary N) is 2. The van der Waals surface area contributed by atoms with E-state index in [1.54, 1.807) is 12.1 Å². The fourth-order valence-electron chi connectivity index (χ4n) is 2.57. The van der Waals surface area contributed by atoms with E-state index < -0.39 is 6.09 Å². The highest BCUT2D eigenvalue weighted by Crippen LogP contribution is 2.30. The molecule has 0 bridgehead atoms. The lowest BCUT2D eigenvalue weighted by atomic mass is 10.0. The lowest BCUT2D eigenvalue weighted by Crippen LogP contribution is -2.22. The average Bonchev–Trinajstić information content (AvgIpc) is 3.00. The van der Waals surface area contributed by atoms with Crippen LogP contribution in [0.15, 0.2) is 23.0 Å². The van der Waals surface area contributed by atoms with Gasteiger partial charge in [-0.05, 0) is 24.5 Å². The number of carbonyl (C=O) groups is 1. The van der Waals surface area contributed by atoms with Crippen molar-refractivity contribution in [2.24, 2.45) is 0 Å². The molecule has 1 aromatic heterocycles. The molecule has 1 aromatic carbocycles. The third-order valence-electron chi connectivity index (χ3n) is 3.60. The number of rotatable bonds is 3.